The molecule has 0 spiro atoms. The molecular weight excluding hydrogens is 294 g/mol. The lowest BCUT2D eigenvalue weighted by molar-refractivity contribution is -0.114. The summed E-state index contributed by atoms with van der Waals surface area (Å²) in [5.74, 6) is -0.294. The van der Waals surface area contributed by atoms with E-state index in [4.69, 9.17) is 0 Å². The summed E-state index contributed by atoms with van der Waals surface area (Å²) >= 11 is 1.67. The average Bonchev–Trinajstić information content (AvgIpc) is 2.45. The zero-order valence-corrected chi connectivity index (χ0v) is 14.4. The fourth-order valence-corrected chi connectivity index (χ4v) is 3.47. The molecule has 1 heterocycles. The lowest BCUT2D eigenvalue weighted by atomic mass is 9.78. The first-order chi connectivity index (χ1) is 10.4. The molecule has 0 radical (unpaired) electrons. The first kappa shape index (κ1) is 16.6. The quantitative estimate of drug-likeness (QED) is 0.858. The van der Waals surface area contributed by atoms with Crippen LogP contribution in [0.5, 0.6) is 0 Å². The van der Waals surface area contributed by atoms with Gasteiger partial charge in [-0.3, -0.25) is 9.59 Å². The predicted octanol–water partition coefficient (Wildman–Crippen LogP) is 3.82. The minimum atomic E-state index is -0.285. The molecule has 0 fully saturated rings. The van der Waals surface area contributed by atoms with Gasteiger partial charge < -0.3 is 5.32 Å². The predicted molar refractivity (Wildman–Crippen MR) is 90.9 cm³/mol. The van der Waals surface area contributed by atoms with E-state index in [1.165, 1.54) is 0 Å². The number of Topliss-reactive ketones (excluding diaryl/α,β-unsaturated/α-hetero) is 2. The Balaban J connectivity index is 2.63. The van der Waals surface area contributed by atoms with E-state index in [1.54, 1.807) is 25.6 Å². The number of hydrogen-bond acceptors (Lipinski definition) is 4. The van der Waals surface area contributed by atoms with Gasteiger partial charge in [0.15, 0.2) is 11.6 Å². The lowest BCUT2D eigenvalue weighted by Crippen LogP contribution is -2.29. The van der Waals surface area contributed by atoms with Crippen LogP contribution >= 0.6 is 11.8 Å². The van der Waals surface area contributed by atoms with Crippen LogP contribution in [0.1, 0.15) is 39.2 Å². The van der Waals surface area contributed by atoms with Gasteiger partial charge in [0, 0.05) is 33.4 Å². The number of dihydropyridines is 1. The molecule has 22 heavy (non-hydrogen) atoms. The van der Waals surface area contributed by atoms with Gasteiger partial charge in [0.05, 0.1) is 0 Å². The summed E-state index contributed by atoms with van der Waals surface area (Å²) in [4.78, 5) is 25.5. The van der Waals surface area contributed by atoms with Crippen molar-refractivity contribution in [1.29, 1.82) is 0 Å². The highest BCUT2D eigenvalue weighted by Crippen LogP contribution is 2.39. The number of allylic oxidation sites excluding steroid dienone is 4. The Morgan fingerprint density at radius 2 is 1.41 bits per heavy atom. The number of benzene rings is 1. The normalized spacial score (nSPS) is 15.9. The molecule has 1 N–H and O–H groups in total. The van der Waals surface area contributed by atoms with Crippen molar-refractivity contribution in [2.24, 2.45) is 0 Å². The molecule has 0 saturated heterocycles. The second-order valence-corrected chi connectivity index (χ2v) is 6.40. The summed E-state index contributed by atoms with van der Waals surface area (Å²) in [6.45, 7) is 6.89. The number of carbonyl (C=O) groups excluding carboxylic acids is 2. The Kier molecular flexibility index (Phi) is 4.91. The Morgan fingerprint density at radius 3 is 1.77 bits per heavy atom. The number of ketones is 2. The van der Waals surface area contributed by atoms with E-state index < -0.39 is 0 Å². The number of rotatable bonds is 4. The van der Waals surface area contributed by atoms with Crippen molar-refractivity contribution in [2.75, 3.05) is 6.26 Å². The lowest BCUT2D eigenvalue weighted by Gasteiger charge is -2.30. The van der Waals surface area contributed by atoms with Gasteiger partial charge in [0.1, 0.15) is 0 Å². The van der Waals surface area contributed by atoms with E-state index in [0.717, 1.165) is 21.9 Å². The molecule has 1 aliphatic heterocycles. The summed E-state index contributed by atoms with van der Waals surface area (Å²) in [6, 6.07) is 8.08. The second kappa shape index (κ2) is 6.53. The van der Waals surface area contributed by atoms with Crippen LogP contribution < -0.4 is 5.32 Å². The molecule has 0 saturated carbocycles. The average molecular weight is 315 g/mol. The van der Waals surface area contributed by atoms with Gasteiger partial charge in [0.25, 0.3) is 0 Å². The highest BCUT2D eigenvalue weighted by molar-refractivity contribution is 7.98. The molecule has 1 aromatic carbocycles. The van der Waals surface area contributed by atoms with E-state index in [1.807, 2.05) is 44.4 Å². The third kappa shape index (κ3) is 3.02. The molecule has 4 heteroatoms. The second-order valence-electron chi connectivity index (χ2n) is 5.52. The van der Waals surface area contributed by atoms with Crippen LogP contribution in [-0.4, -0.2) is 17.8 Å². The highest BCUT2D eigenvalue weighted by atomic mass is 32.2. The molecular formula is C18H21NO2S. The van der Waals surface area contributed by atoms with Crippen molar-refractivity contribution in [3.8, 4) is 0 Å². The fourth-order valence-electron chi connectivity index (χ4n) is 3.06. The summed E-state index contributed by atoms with van der Waals surface area (Å²) < 4.78 is 0. The summed E-state index contributed by atoms with van der Waals surface area (Å²) in [6.07, 6.45) is 2.02. The maximum absolute atomic E-state index is 12.2. The summed E-state index contributed by atoms with van der Waals surface area (Å²) in [5.41, 5.74) is 3.98. The van der Waals surface area contributed by atoms with Crippen LogP contribution in [0.15, 0.2) is 51.7 Å². The Hall–Kier alpha value is -1.81. The van der Waals surface area contributed by atoms with E-state index in [2.05, 4.69) is 5.32 Å². The van der Waals surface area contributed by atoms with Gasteiger partial charge in [-0.2, -0.15) is 0 Å². The Morgan fingerprint density at radius 1 is 0.955 bits per heavy atom. The molecule has 0 aromatic heterocycles. The van der Waals surface area contributed by atoms with Crippen LogP contribution in [0.4, 0.5) is 0 Å². The molecule has 0 aliphatic carbocycles. The van der Waals surface area contributed by atoms with Crippen molar-refractivity contribution in [2.45, 2.75) is 38.5 Å². The minimum absolute atomic E-state index is 0.00445. The van der Waals surface area contributed by atoms with Gasteiger partial charge >= 0.3 is 0 Å². The number of hydrogen-bond donors (Lipinski definition) is 1. The smallest absolute Gasteiger partial charge is 0.158 e. The number of carbonyl (C=O) groups is 2. The zero-order valence-electron chi connectivity index (χ0n) is 13.6. The van der Waals surface area contributed by atoms with Gasteiger partial charge in [-0.1, -0.05) is 12.1 Å². The van der Waals surface area contributed by atoms with Crippen molar-refractivity contribution in [3.63, 3.8) is 0 Å². The fraction of sp³-hybridized carbons (Fsp3) is 0.333. The molecule has 0 atom stereocenters. The molecule has 0 amide bonds. The topological polar surface area (TPSA) is 46.2 Å². The van der Waals surface area contributed by atoms with Crippen molar-refractivity contribution >= 4 is 23.3 Å². The van der Waals surface area contributed by atoms with Crippen LogP contribution in [0, 0.1) is 0 Å². The third-order valence-corrected chi connectivity index (χ3v) is 4.71. The largest absolute Gasteiger partial charge is 0.362 e. The number of thioether (sulfide) groups is 1. The molecule has 0 bridgehead atoms. The Bertz CT molecular complexity index is 648. The number of nitrogens with one attached hydrogen (secondary N) is 1. The van der Waals surface area contributed by atoms with Crippen LogP contribution in [-0.2, 0) is 9.59 Å². The minimum Gasteiger partial charge on any atom is -0.362 e. The van der Waals surface area contributed by atoms with Gasteiger partial charge in [-0.15, -0.1) is 11.8 Å². The SMILES string of the molecule is CSc1ccc(C2C(C(C)=O)=C(C)NC(C)=C2C(C)=O)cc1. The molecule has 116 valence electrons. The molecule has 3 nitrogen and oxygen atoms in total. The molecule has 1 aliphatic rings. The third-order valence-electron chi connectivity index (χ3n) is 3.97. The maximum Gasteiger partial charge on any atom is 0.158 e. The van der Waals surface area contributed by atoms with E-state index in [-0.39, 0.29) is 17.5 Å². The van der Waals surface area contributed by atoms with Crippen LogP contribution in [0.25, 0.3) is 0 Å². The maximum atomic E-state index is 12.2. The highest BCUT2D eigenvalue weighted by Gasteiger charge is 2.33. The zero-order chi connectivity index (χ0) is 16.4. The first-order valence-corrected chi connectivity index (χ1v) is 8.43. The van der Waals surface area contributed by atoms with Crippen molar-refractivity contribution in [3.05, 3.63) is 52.4 Å². The van der Waals surface area contributed by atoms with Gasteiger partial charge in [-0.05, 0) is 51.6 Å². The molecule has 2 rings (SSSR count). The van der Waals surface area contributed by atoms with Crippen molar-refractivity contribution in [1.82, 2.24) is 5.32 Å². The van der Waals surface area contributed by atoms with Gasteiger partial charge in [0.2, 0.25) is 0 Å². The van der Waals surface area contributed by atoms with Crippen molar-refractivity contribution < 1.29 is 9.59 Å². The summed E-state index contributed by atoms with van der Waals surface area (Å²) in [7, 11) is 0. The molecule has 0 unspecified atom stereocenters. The van der Waals surface area contributed by atoms with E-state index in [9.17, 15) is 9.59 Å². The standard InChI is InChI=1S/C18H21NO2S/c1-10-16(12(3)20)18(17(13(4)21)11(2)19-10)14-6-8-15(22-5)9-7-14/h6-9,18-19H,1-5H3. The Labute approximate surface area is 135 Å². The van der Waals surface area contributed by atoms with Crippen LogP contribution in [0.2, 0.25) is 0 Å². The van der Waals surface area contributed by atoms with Gasteiger partial charge in [-0.25, -0.2) is 0 Å². The van der Waals surface area contributed by atoms with E-state index in [0.29, 0.717) is 11.1 Å². The summed E-state index contributed by atoms with van der Waals surface area (Å²) in [5, 5.41) is 3.18. The van der Waals surface area contributed by atoms with Crippen LogP contribution in [0.3, 0.4) is 0 Å². The molecule has 1 aromatic rings. The van der Waals surface area contributed by atoms with E-state index >= 15 is 0 Å². The monoisotopic (exact) mass is 315 g/mol. The first-order valence-electron chi connectivity index (χ1n) is 7.21.